The first-order chi connectivity index (χ1) is 15.4. The molecule has 3 fully saturated rings. The third-order valence-corrected chi connectivity index (χ3v) is 9.81. The van der Waals surface area contributed by atoms with Crippen molar-refractivity contribution < 1.29 is 8.42 Å². The molecule has 5 nitrogen and oxygen atoms in total. The summed E-state index contributed by atoms with van der Waals surface area (Å²) in [5.41, 5.74) is 0. The molecule has 2 aromatic rings. The first-order valence-electron chi connectivity index (χ1n) is 12.3. The molecule has 1 N–H and O–H groups in total. The van der Waals surface area contributed by atoms with E-state index >= 15 is 0 Å². The second kappa shape index (κ2) is 9.05. The minimum atomic E-state index is -3.58. The van der Waals surface area contributed by atoms with Gasteiger partial charge >= 0.3 is 0 Å². The summed E-state index contributed by atoms with van der Waals surface area (Å²) < 4.78 is 29.5. The Morgan fingerprint density at radius 1 is 0.938 bits per heavy atom. The van der Waals surface area contributed by atoms with Gasteiger partial charge < -0.3 is 4.90 Å². The number of nitrogens with one attached hydrogen (secondary N) is 1. The second-order valence-electron chi connectivity index (χ2n) is 10.3. The predicted octanol–water partition coefficient (Wildman–Crippen LogP) is 3.75. The highest BCUT2D eigenvalue weighted by molar-refractivity contribution is 7.89. The van der Waals surface area contributed by atoms with E-state index in [1.165, 1.54) is 12.8 Å². The molecule has 5 rings (SSSR count). The number of hydrogen-bond acceptors (Lipinski definition) is 4. The summed E-state index contributed by atoms with van der Waals surface area (Å²) in [6.07, 6.45) is 5.59. The van der Waals surface area contributed by atoms with Crippen LogP contribution >= 0.6 is 0 Å². The fourth-order valence-corrected chi connectivity index (χ4v) is 7.76. The van der Waals surface area contributed by atoms with Gasteiger partial charge in [-0.1, -0.05) is 37.3 Å². The van der Waals surface area contributed by atoms with Gasteiger partial charge in [0.1, 0.15) is 0 Å². The van der Waals surface area contributed by atoms with Crippen LogP contribution in [0.25, 0.3) is 10.8 Å². The Labute approximate surface area is 193 Å². The number of piperazine rings is 1. The summed E-state index contributed by atoms with van der Waals surface area (Å²) in [7, 11) is -1.37. The zero-order valence-electron chi connectivity index (χ0n) is 19.3. The van der Waals surface area contributed by atoms with E-state index < -0.39 is 10.0 Å². The van der Waals surface area contributed by atoms with Crippen LogP contribution in [0.5, 0.6) is 0 Å². The molecular formula is C26H36N3O2S. The number of benzene rings is 2. The molecule has 3 aliphatic rings. The van der Waals surface area contributed by atoms with Crippen LogP contribution in [0.1, 0.15) is 39.0 Å². The largest absolute Gasteiger partial charge is 0.304 e. The molecule has 4 unspecified atom stereocenters. The van der Waals surface area contributed by atoms with Crippen LogP contribution in [0.15, 0.2) is 41.3 Å². The number of nitrogens with zero attached hydrogens (tertiary/aromatic N) is 2. The van der Waals surface area contributed by atoms with Crippen LogP contribution in [0, 0.1) is 23.8 Å². The molecule has 32 heavy (non-hydrogen) atoms. The van der Waals surface area contributed by atoms with E-state index in [1.807, 2.05) is 30.3 Å². The summed E-state index contributed by atoms with van der Waals surface area (Å²) in [5, 5.41) is 1.86. The first kappa shape index (κ1) is 22.3. The number of likely N-dealkylation sites (N-methyl/N-ethyl adjacent to an activating group) is 1. The molecule has 1 aliphatic heterocycles. The van der Waals surface area contributed by atoms with E-state index in [4.69, 9.17) is 0 Å². The first-order valence-corrected chi connectivity index (χ1v) is 13.7. The molecule has 2 aliphatic carbocycles. The zero-order valence-corrected chi connectivity index (χ0v) is 20.2. The van der Waals surface area contributed by atoms with Crippen molar-refractivity contribution in [3.63, 3.8) is 0 Å². The molecule has 0 spiro atoms. The van der Waals surface area contributed by atoms with Crippen molar-refractivity contribution in [2.24, 2.45) is 17.8 Å². The molecular weight excluding hydrogens is 418 g/mol. The third kappa shape index (κ3) is 4.47. The molecule has 0 aromatic heterocycles. The quantitative estimate of drug-likeness (QED) is 0.765. The summed E-state index contributed by atoms with van der Waals surface area (Å²) in [6, 6.07) is 15.1. The van der Waals surface area contributed by atoms with Crippen LogP contribution < -0.4 is 4.72 Å². The van der Waals surface area contributed by atoms with Gasteiger partial charge in [0.2, 0.25) is 10.0 Å². The topological polar surface area (TPSA) is 52.6 Å². The Morgan fingerprint density at radius 2 is 1.72 bits per heavy atom. The normalized spacial score (nSPS) is 32.6. The van der Waals surface area contributed by atoms with Gasteiger partial charge in [-0.05, 0) is 73.7 Å². The molecule has 2 aromatic carbocycles. The van der Waals surface area contributed by atoms with Gasteiger partial charge in [0.25, 0.3) is 0 Å². The molecule has 2 saturated carbocycles. The van der Waals surface area contributed by atoms with Gasteiger partial charge in [0, 0.05) is 44.3 Å². The maximum atomic E-state index is 13.2. The average Bonchev–Trinajstić information content (AvgIpc) is 2.79. The van der Waals surface area contributed by atoms with Gasteiger partial charge in [0.15, 0.2) is 0 Å². The monoisotopic (exact) mass is 454 g/mol. The Kier molecular flexibility index (Phi) is 6.32. The van der Waals surface area contributed by atoms with Crippen molar-refractivity contribution in [3.05, 3.63) is 42.5 Å². The summed E-state index contributed by atoms with van der Waals surface area (Å²) in [6.45, 7) is 6.96. The van der Waals surface area contributed by atoms with Crippen molar-refractivity contribution in [1.82, 2.24) is 14.5 Å². The molecule has 1 heterocycles. The highest BCUT2D eigenvalue weighted by atomic mass is 32.2. The molecule has 6 heteroatoms. The van der Waals surface area contributed by atoms with E-state index in [1.54, 1.807) is 6.07 Å². The summed E-state index contributed by atoms with van der Waals surface area (Å²) >= 11 is 0. The number of fused-ring (bicyclic) bond motifs is 2. The molecule has 0 bridgehead atoms. The average molecular weight is 455 g/mol. The van der Waals surface area contributed by atoms with Crippen LogP contribution in [0.4, 0.5) is 0 Å². The number of hydrogen-bond donors (Lipinski definition) is 1. The van der Waals surface area contributed by atoms with Crippen molar-refractivity contribution in [1.29, 1.82) is 0 Å². The second-order valence-corrected chi connectivity index (χ2v) is 12.0. The highest BCUT2D eigenvalue weighted by Gasteiger charge is 2.44. The van der Waals surface area contributed by atoms with E-state index in [0.717, 1.165) is 68.0 Å². The Hall–Kier alpha value is -1.47. The zero-order chi connectivity index (χ0) is 22.3. The minimum Gasteiger partial charge on any atom is -0.304 e. The van der Waals surface area contributed by atoms with Crippen LogP contribution in [0.2, 0.25) is 0 Å². The lowest BCUT2D eigenvalue weighted by Crippen LogP contribution is -2.56. The summed E-state index contributed by atoms with van der Waals surface area (Å²) in [4.78, 5) is 5.38. The van der Waals surface area contributed by atoms with Crippen LogP contribution in [-0.4, -0.2) is 63.5 Å². The van der Waals surface area contributed by atoms with Gasteiger partial charge in [-0.25, -0.2) is 13.1 Å². The summed E-state index contributed by atoms with van der Waals surface area (Å²) in [5.74, 6) is 2.06. The van der Waals surface area contributed by atoms with E-state index in [2.05, 4.69) is 34.6 Å². The predicted molar refractivity (Wildman–Crippen MR) is 129 cm³/mol. The van der Waals surface area contributed by atoms with E-state index in [9.17, 15) is 8.42 Å². The van der Waals surface area contributed by atoms with Crippen molar-refractivity contribution in [2.75, 3.05) is 33.2 Å². The van der Waals surface area contributed by atoms with Gasteiger partial charge in [-0.3, -0.25) is 4.90 Å². The highest BCUT2D eigenvalue weighted by Crippen LogP contribution is 2.46. The fourth-order valence-electron chi connectivity index (χ4n) is 6.49. The maximum absolute atomic E-state index is 13.2. The van der Waals surface area contributed by atoms with Gasteiger partial charge in [-0.15, -0.1) is 0 Å². The van der Waals surface area contributed by atoms with Gasteiger partial charge in [0.05, 0.1) is 4.90 Å². The minimum absolute atomic E-state index is 0.0152. The van der Waals surface area contributed by atoms with E-state index in [0.29, 0.717) is 12.0 Å². The van der Waals surface area contributed by atoms with Crippen molar-refractivity contribution in [3.8, 4) is 0 Å². The Balaban J connectivity index is 1.32. The number of rotatable bonds is 4. The van der Waals surface area contributed by atoms with Crippen molar-refractivity contribution >= 4 is 20.8 Å². The molecule has 5 atom stereocenters. The fraction of sp³-hybridized carbons (Fsp3) is 0.615. The lowest BCUT2D eigenvalue weighted by Gasteiger charge is -2.51. The Bertz CT molecular complexity index is 1050. The van der Waals surface area contributed by atoms with Gasteiger partial charge in [-0.2, -0.15) is 0 Å². The van der Waals surface area contributed by atoms with Crippen LogP contribution in [0.3, 0.4) is 0 Å². The van der Waals surface area contributed by atoms with Crippen LogP contribution in [-0.2, 0) is 10.0 Å². The SMILES string of the molecule is CC1CCC(N2CCN(C)CC2)C2C[C@H](NS(=O)(=O)c3[c]c4ccccc4cc3)CCC12. The lowest BCUT2D eigenvalue weighted by atomic mass is 9.62. The molecule has 173 valence electrons. The molecule has 1 saturated heterocycles. The molecule has 0 amide bonds. The third-order valence-electron chi connectivity index (χ3n) is 8.35. The maximum Gasteiger partial charge on any atom is 0.241 e. The lowest BCUT2D eigenvalue weighted by molar-refractivity contribution is -0.0111. The standard InChI is InChI=1S/C26H36N3O2S/c1-19-7-12-26(29-15-13-28(2)14-16-29)25-18-22(9-11-24(19)25)27-32(30,31)23-10-8-20-5-3-4-6-21(20)17-23/h3-6,8,10,19,22,24-27H,7,9,11-16,18H2,1-2H3/t19?,22-,24?,25?,26?/m1/s1. The number of sulfonamides is 1. The Morgan fingerprint density at radius 3 is 2.53 bits per heavy atom. The van der Waals surface area contributed by atoms with E-state index in [-0.39, 0.29) is 10.9 Å². The molecule has 1 radical (unpaired) electrons. The van der Waals surface area contributed by atoms with Crippen molar-refractivity contribution in [2.45, 2.75) is 56.0 Å². The smallest absolute Gasteiger partial charge is 0.241 e.